The molecule has 0 radical (unpaired) electrons. The molecule has 128 valence electrons. The fourth-order valence-corrected chi connectivity index (χ4v) is 3.21. The molecule has 0 heterocycles. The van der Waals surface area contributed by atoms with Crippen LogP contribution in [-0.2, 0) is 6.42 Å². The molecular formula is C20H17BrO4. The second-order valence-corrected chi connectivity index (χ2v) is 6.73. The molecule has 0 atom stereocenters. The molecule has 1 aliphatic carbocycles. The third-order valence-corrected chi connectivity index (χ3v) is 4.90. The van der Waals surface area contributed by atoms with Crippen LogP contribution < -0.4 is 9.47 Å². The van der Waals surface area contributed by atoms with Crippen LogP contribution in [-0.4, -0.2) is 25.8 Å². The second kappa shape index (κ2) is 6.84. The van der Waals surface area contributed by atoms with Gasteiger partial charge in [-0.15, -0.1) is 0 Å². The monoisotopic (exact) mass is 400 g/mol. The first-order valence-corrected chi connectivity index (χ1v) is 8.55. The van der Waals surface area contributed by atoms with Gasteiger partial charge >= 0.3 is 0 Å². The summed E-state index contributed by atoms with van der Waals surface area (Å²) >= 11 is 3.40. The number of fused-ring (bicyclic) bond motifs is 1. The number of halogens is 1. The fraction of sp³-hybridized carbons (Fsp3) is 0.200. The zero-order valence-corrected chi connectivity index (χ0v) is 15.8. The summed E-state index contributed by atoms with van der Waals surface area (Å²) in [4.78, 5) is 25.8. The summed E-state index contributed by atoms with van der Waals surface area (Å²) in [6.07, 6.45) is 0.414. The lowest BCUT2D eigenvalue weighted by Crippen LogP contribution is -2.22. The Balaban J connectivity index is 2.06. The highest BCUT2D eigenvalue weighted by Crippen LogP contribution is 2.36. The van der Waals surface area contributed by atoms with E-state index in [0.717, 1.165) is 10.0 Å². The second-order valence-electron chi connectivity index (χ2n) is 5.82. The minimum Gasteiger partial charge on any atom is -0.493 e. The van der Waals surface area contributed by atoms with Crippen molar-refractivity contribution in [2.45, 2.75) is 13.3 Å². The minimum atomic E-state index is -0.150. The molecule has 0 saturated heterocycles. The van der Waals surface area contributed by atoms with Gasteiger partial charge in [-0.25, -0.2) is 0 Å². The predicted molar refractivity (Wildman–Crippen MR) is 98.8 cm³/mol. The normalized spacial score (nSPS) is 13.8. The number of carbonyl (C=O) groups is 2. The average molecular weight is 401 g/mol. The summed E-state index contributed by atoms with van der Waals surface area (Å²) in [5.74, 6) is 0.579. The largest absolute Gasteiger partial charge is 0.493 e. The van der Waals surface area contributed by atoms with Crippen molar-refractivity contribution in [2.75, 3.05) is 14.2 Å². The van der Waals surface area contributed by atoms with Crippen LogP contribution in [0.1, 0.15) is 33.2 Å². The molecule has 0 bridgehead atoms. The number of benzene rings is 2. The highest BCUT2D eigenvalue weighted by Gasteiger charge is 2.31. The van der Waals surface area contributed by atoms with E-state index >= 15 is 0 Å². The maximum absolute atomic E-state index is 13.0. The summed E-state index contributed by atoms with van der Waals surface area (Å²) in [6, 6.07) is 10.9. The van der Waals surface area contributed by atoms with Gasteiger partial charge in [0.15, 0.2) is 23.1 Å². The van der Waals surface area contributed by atoms with E-state index in [-0.39, 0.29) is 11.6 Å². The van der Waals surface area contributed by atoms with E-state index in [9.17, 15) is 9.59 Å². The molecule has 0 amide bonds. The summed E-state index contributed by atoms with van der Waals surface area (Å²) in [7, 11) is 3.00. The van der Waals surface area contributed by atoms with Gasteiger partial charge in [0.05, 0.1) is 14.2 Å². The van der Waals surface area contributed by atoms with Gasteiger partial charge in [-0.3, -0.25) is 9.59 Å². The van der Waals surface area contributed by atoms with Gasteiger partial charge < -0.3 is 9.47 Å². The van der Waals surface area contributed by atoms with E-state index in [0.29, 0.717) is 40.2 Å². The van der Waals surface area contributed by atoms with E-state index < -0.39 is 0 Å². The zero-order chi connectivity index (χ0) is 18.1. The highest BCUT2D eigenvalue weighted by atomic mass is 79.9. The predicted octanol–water partition coefficient (Wildman–Crippen LogP) is 4.40. The molecule has 0 aromatic heterocycles. The SMILES string of the molecule is COc1cc2c(cc1OC)C(=O)C(Cc1ccc(Br)cc1)=C(C)C2=O. The van der Waals surface area contributed by atoms with Gasteiger partial charge in [-0.1, -0.05) is 28.1 Å². The molecule has 5 heteroatoms. The highest BCUT2D eigenvalue weighted by molar-refractivity contribution is 9.10. The Kier molecular flexibility index (Phi) is 4.77. The van der Waals surface area contributed by atoms with Crippen molar-refractivity contribution < 1.29 is 19.1 Å². The standard InChI is InChI=1S/C20H17BrO4/c1-11-14(8-12-4-6-13(21)7-5-12)20(23)16-10-18(25-3)17(24-2)9-15(16)19(11)22/h4-7,9-10H,8H2,1-3H3. The number of ketones is 2. The van der Waals surface area contributed by atoms with Gasteiger partial charge in [-0.2, -0.15) is 0 Å². The maximum atomic E-state index is 13.0. The Labute approximate surface area is 154 Å². The molecule has 3 rings (SSSR count). The molecule has 0 spiro atoms. The van der Waals surface area contributed by atoms with Crippen LogP contribution in [0.15, 0.2) is 52.0 Å². The van der Waals surface area contributed by atoms with Gasteiger partial charge in [-0.05, 0) is 36.8 Å². The molecule has 2 aromatic rings. The Hall–Kier alpha value is -2.40. The van der Waals surface area contributed by atoms with Crippen LogP contribution in [0.2, 0.25) is 0 Å². The first-order valence-electron chi connectivity index (χ1n) is 7.76. The van der Waals surface area contributed by atoms with E-state index in [2.05, 4.69) is 15.9 Å². The van der Waals surface area contributed by atoms with Gasteiger partial charge in [0, 0.05) is 33.2 Å². The molecule has 0 saturated carbocycles. The van der Waals surface area contributed by atoms with E-state index in [1.54, 1.807) is 19.1 Å². The van der Waals surface area contributed by atoms with Crippen LogP contribution in [0.3, 0.4) is 0 Å². The average Bonchev–Trinajstić information content (AvgIpc) is 2.63. The van der Waals surface area contributed by atoms with E-state index in [1.807, 2.05) is 24.3 Å². The van der Waals surface area contributed by atoms with Crippen molar-refractivity contribution in [2.24, 2.45) is 0 Å². The molecule has 0 N–H and O–H groups in total. The maximum Gasteiger partial charge on any atom is 0.190 e. The molecule has 1 aliphatic rings. The lowest BCUT2D eigenvalue weighted by Gasteiger charge is -2.21. The summed E-state index contributed by atoms with van der Waals surface area (Å²) in [5.41, 5.74) is 2.70. The molecule has 0 aliphatic heterocycles. The van der Waals surface area contributed by atoms with Gasteiger partial charge in [0.2, 0.25) is 0 Å². The Bertz CT molecular complexity index is 895. The molecule has 0 unspecified atom stereocenters. The molecule has 4 nitrogen and oxygen atoms in total. The van der Waals surface area contributed by atoms with E-state index in [1.165, 1.54) is 14.2 Å². The third kappa shape index (κ3) is 3.12. The fourth-order valence-electron chi connectivity index (χ4n) is 2.95. The molecule has 2 aromatic carbocycles. The lowest BCUT2D eigenvalue weighted by molar-refractivity contribution is 0.0972. The number of hydrogen-bond donors (Lipinski definition) is 0. The van der Waals surface area contributed by atoms with Crippen molar-refractivity contribution in [1.29, 1.82) is 0 Å². The number of rotatable bonds is 4. The lowest BCUT2D eigenvalue weighted by atomic mass is 9.82. The number of allylic oxidation sites excluding steroid dienone is 2. The Morgan fingerprint density at radius 2 is 1.40 bits per heavy atom. The summed E-state index contributed by atoms with van der Waals surface area (Å²) in [5, 5.41) is 0. The number of ether oxygens (including phenoxy) is 2. The number of hydrogen-bond acceptors (Lipinski definition) is 4. The number of methoxy groups -OCH3 is 2. The smallest absolute Gasteiger partial charge is 0.190 e. The van der Waals surface area contributed by atoms with Crippen molar-refractivity contribution in [3.05, 3.63) is 68.7 Å². The van der Waals surface area contributed by atoms with Crippen molar-refractivity contribution in [1.82, 2.24) is 0 Å². The topological polar surface area (TPSA) is 52.6 Å². The quantitative estimate of drug-likeness (QED) is 0.762. The van der Waals surface area contributed by atoms with Crippen molar-refractivity contribution in [3.63, 3.8) is 0 Å². The summed E-state index contributed by atoms with van der Waals surface area (Å²) in [6.45, 7) is 1.70. The third-order valence-electron chi connectivity index (χ3n) is 4.37. The Morgan fingerprint density at radius 1 is 0.880 bits per heavy atom. The first kappa shape index (κ1) is 17.4. The zero-order valence-electron chi connectivity index (χ0n) is 14.2. The molecule has 25 heavy (non-hydrogen) atoms. The van der Waals surface area contributed by atoms with E-state index in [4.69, 9.17) is 9.47 Å². The first-order chi connectivity index (χ1) is 12.0. The molecule has 0 fully saturated rings. The van der Waals surface area contributed by atoms with Gasteiger partial charge in [0.1, 0.15) is 0 Å². The number of Topliss-reactive ketones (excluding diaryl/α,β-unsaturated/α-hetero) is 2. The number of carbonyl (C=O) groups excluding carboxylic acids is 2. The van der Waals surface area contributed by atoms with Crippen LogP contribution in [0, 0.1) is 0 Å². The van der Waals surface area contributed by atoms with Crippen LogP contribution >= 0.6 is 15.9 Å². The van der Waals surface area contributed by atoms with Crippen LogP contribution in [0.4, 0.5) is 0 Å². The Morgan fingerprint density at radius 3 is 1.92 bits per heavy atom. The van der Waals surface area contributed by atoms with Crippen molar-refractivity contribution >= 4 is 27.5 Å². The van der Waals surface area contributed by atoms with Crippen LogP contribution in [0.5, 0.6) is 11.5 Å². The van der Waals surface area contributed by atoms with Crippen LogP contribution in [0.25, 0.3) is 0 Å². The summed E-state index contributed by atoms with van der Waals surface area (Å²) < 4.78 is 11.5. The minimum absolute atomic E-state index is 0.143. The van der Waals surface area contributed by atoms with Crippen molar-refractivity contribution in [3.8, 4) is 11.5 Å². The van der Waals surface area contributed by atoms with Gasteiger partial charge in [0.25, 0.3) is 0 Å². The molecular weight excluding hydrogens is 384 g/mol.